The highest BCUT2D eigenvalue weighted by atomic mass is 19.4. The molecule has 1 saturated heterocycles. The average Bonchev–Trinajstić information content (AvgIpc) is 3.87. The van der Waals surface area contributed by atoms with Crippen LogP contribution in [0.2, 0.25) is 0 Å². The number of carbonyl (C=O) groups is 5. The molecular weight excluding hydrogens is 834 g/mol. The number of aromatic amines is 1. The number of imidazole rings is 1. The topological polar surface area (TPSA) is 195 Å². The summed E-state index contributed by atoms with van der Waals surface area (Å²) in [4.78, 5) is 70.7. The molecule has 1 saturated carbocycles. The SMILES string of the molecule is Cc1cc(C(=O)N[C@@H]2CCN(C(=O)O)C2)ccc1-c1ccc(C[C@H](NC(=O)C2CCC(CNC(=O)OC(C)(C)C)CC2)C(=O)Nc2ccc3nc(C(F)(F)C(F)(F)F)[nH]c3c2)cc1. The number of halogens is 5. The molecule has 2 atom stereocenters. The zero-order valence-electron chi connectivity index (χ0n) is 35.1. The summed E-state index contributed by atoms with van der Waals surface area (Å²) in [6, 6.07) is 14.7. The molecule has 0 spiro atoms. The number of carboxylic acid groups (broad SMARTS) is 1. The molecular formula is C44H50F5N7O7. The van der Waals surface area contributed by atoms with Crippen molar-refractivity contribution in [2.75, 3.05) is 25.0 Å². The third kappa shape index (κ3) is 11.6. The second-order valence-corrected chi connectivity index (χ2v) is 17.2. The van der Waals surface area contributed by atoms with Crippen LogP contribution in [-0.4, -0.2) is 93.4 Å². The van der Waals surface area contributed by atoms with E-state index in [2.05, 4.69) is 26.3 Å². The molecule has 1 aliphatic carbocycles. The first-order valence-corrected chi connectivity index (χ1v) is 20.6. The summed E-state index contributed by atoms with van der Waals surface area (Å²) in [7, 11) is 0. The van der Waals surface area contributed by atoms with E-state index >= 15 is 0 Å². The molecule has 5 amide bonds. The molecule has 338 valence electrons. The van der Waals surface area contributed by atoms with E-state index in [9.17, 15) is 51.0 Å². The molecule has 19 heteroatoms. The van der Waals surface area contributed by atoms with Crippen molar-refractivity contribution in [3.8, 4) is 11.1 Å². The monoisotopic (exact) mass is 883 g/mol. The largest absolute Gasteiger partial charge is 0.465 e. The number of likely N-dealkylation sites (tertiary alicyclic amines) is 1. The van der Waals surface area contributed by atoms with Gasteiger partial charge < -0.3 is 41.0 Å². The average molecular weight is 884 g/mol. The highest BCUT2D eigenvalue weighted by molar-refractivity contribution is 5.99. The molecule has 0 bridgehead atoms. The standard InChI is InChI=1S/C44H50F5N7O7/c1-24-19-29(37(58)52-31-17-18-56(23-31)41(61)62)13-15-32(24)27-9-5-25(6-10-27)20-35(53-36(57)28-11-7-26(8-12-28)22-50-40(60)63-42(2,3)4)38(59)51-30-14-16-33-34(21-30)55-39(54-33)43(45,46)44(47,48)49/h5-6,9-10,13-16,19,21,26,28,31,35H,7-8,11-12,17-18,20,22-23H2,1-4H3,(H,50,60)(H,51,59)(H,52,58)(H,53,57)(H,54,55)(H,61,62)/t26?,28?,31-,35+/m1/s1. The minimum absolute atomic E-state index is 0.0276. The number of H-pyrrole nitrogens is 1. The summed E-state index contributed by atoms with van der Waals surface area (Å²) in [6.07, 6.45) is -4.61. The number of hydrogen-bond acceptors (Lipinski definition) is 7. The maximum absolute atomic E-state index is 14.0. The van der Waals surface area contributed by atoms with Crippen molar-refractivity contribution in [3.05, 3.63) is 83.2 Å². The van der Waals surface area contributed by atoms with E-state index in [0.717, 1.165) is 16.7 Å². The van der Waals surface area contributed by atoms with E-state index in [0.29, 0.717) is 56.3 Å². The number of aromatic nitrogens is 2. The lowest BCUT2D eigenvalue weighted by Gasteiger charge is -2.29. The van der Waals surface area contributed by atoms with Crippen LogP contribution < -0.4 is 21.3 Å². The number of rotatable bonds is 12. The summed E-state index contributed by atoms with van der Waals surface area (Å²) in [6.45, 7) is 8.09. The fraction of sp³-hybridized carbons (Fsp3) is 0.455. The second kappa shape index (κ2) is 18.6. The van der Waals surface area contributed by atoms with Crippen molar-refractivity contribution in [2.45, 2.75) is 96.0 Å². The lowest BCUT2D eigenvalue weighted by molar-refractivity contribution is -0.292. The highest BCUT2D eigenvalue weighted by Gasteiger charge is 2.61. The number of nitrogens with one attached hydrogen (secondary N) is 5. The summed E-state index contributed by atoms with van der Waals surface area (Å²) in [5, 5.41) is 20.4. The molecule has 2 aliphatic rings. The molecule has 6 N–H and O–H groups in total. The number of anilines is 1. The van der Waals surface area contributed by atoms with Crippen LogP contribution in [0.1, 0.15) is 80.2 Å². The Morgan fingerprint density at radius 1 is 0.921 bits per heavy atom. The maximum atomic E-state index is 14.0. The fourth-order valence-corrected chi connectivity index (χ4v) is 7.77. The molecule has 1 aliphatic heterocycles. The number of nitrogens with zero attached hydrogens (tertiary/aromatic N) is 2. The molecule has 14 nitrogen and oxygen atoms in total. The minimum atomic E-state index is -5.88. The third-order valence-corrected chi connectivity index (χ3v) is 11.2. The molecule has 1 aromatic heterocycles. The Bertz CT molecular complexity index is 2340. The number of carbonyl (C=O) groups excluding carboxylic acids is 4. The Labute approximate surface area is 359 Å². The molecule has 63 heavy (non-hydrogen) atoms. The number of alkyl halides is 5. The smallest absolute Gasteiger partial charge is 0.461 e. The number of hydrogen-bond donors (Lipinski definition) is 6. The third-order valence-electron chi connectivity index (χ3n) is 11.2. The van der Waals surface area contributed by atoms with Crippen LogP contribution in [0.4, 0.5) is 37.2 Å². The van der Waals surface area contributed by atoms with E-state index in [4.69, 9.17) is 4.74 Å². The lowest BCUT2D eigenvalue weighted by atomic mass is 9.81. The van der Waals surface area contributed by atoms with Crippen molar-refractivity contribution in [1.82, 2.24) is 30.8 Å². The summed E-state index contributed by atoms with van der Waals surface area (Å²) >= 11 is 0. The Morgan fingerprint density at radius 2 is 1.62 bits per heavy atom. The van der Waals surface area contributed by atoms with Gasteiger partial charge >= 0.3 is 24.3 Å². The van der Waals surface area contributed by atoms with Crippen LogP contribution in [0.25, 0.3) is 22.2 Å². The van der Waals surface area contributed by atoms with Crippen LogP contribution in [0.5, 0.6) is 0 Å². The fourth-order valence-electron chi connectivity index (χ4n) is 7.77. The van der Waals surface area contributed by atoms with Gasteiger partial charge in [0.2, 0.25) is 11.8 Å². The normalized spacial score (nSPS) is 18.7. The van der Waals surface area contributed by atoms with Crippen LogP contribution in [0.3, 0.4) is 0 Å². The van der Waals surface area contributed by atoms with Crippen molar-refractivity contribution < 1.29 is 55.8 Å². The Morgan fingerprint density at radius 3 is 2.24 bits per heavy atom. The molecule has 0 unspecified atom stereocenters. The van der Waals surface area contributed by atoms with Crippen LogP contribution in [0.15, 0.2) is 60.7 Å². The van der Waals surface area contributed by atoms with Gasteiger partial charge in [-0.15, -0.1) is 0 Å². The van der Waals surface area contributed by atoms with E-state index in [-0.39, 0.29) is 53.5 Å². The number of alkyl carbamates (subject to hydrolysis) is 1. The van der Waals surface area contributed by atoms with Gasteiger partial charge in [0, 0.05) is 49.3 Å². The van der Waals surface area contributed by atoms with Gasteiger partial charge in [-0.05, 0) is 118 Å². The minimum Gasteiger partial charge on any atom is -0.465 e. The molecule has 2 heterocycles. The van der Waals surface area contributed by atoms with Crippen LogP contribution >= 0.6 is 0 Å². The van der Waals surface area contributed by atoms with Crippen molar-refractivity contribution in [3.63, 3.8) is 0 Å². The molecule has 3 aromatic carbocycles. The van der Waals surface area contributed by atoms with Gasteiger partial charge in [-0.3, -0.25) is 14.4 Å². The van der Waals surface area contributed by atoms with Gasteiger partial charge in [-0.2, -0.15) is 22.0 Å². The lowest BCUT2D eigenvalue weighted by Crippen LogP contribution is -2.48. The Hall–Kier alpha value is -6.27. The predicted molar refractivity (Wildman–Crippen MR) is 222 cm³/mol. The van der Waals surface area contributed by atoms with E-state index < -0.39 is 53.6 Å². The molecule has 0 radical (unpaired) electrons. The summed E-state index contributed by atoms with van der Waals surface area (Å²) in [5.41, 5.74) is 2.59. The quantitative estimate of drug-likeness (QED) is 0.0780. The first kappa shape index (κ1) is 46.2. The molecule has 2 fully saturated rings. The number of fused-ring (bicyclic) bond motifs is 1. The number of aryl methyl sites for hydroxylation is 1. The Kier molecular flexibility index (Phi) is 13.7. The van der Waals surface area contributed by atoms with Gasteiger partial charge in [0.05, 0.1) is 11.0 Å². The van der Waals surface area contributed by atoms with Gasteiger partial charge in [0.15, 0.2) is 5.82 Å². The van der Waals surface area contributed by atoms with Gasteiger partial charge in [0.25, 0.3) is 5.91 Å². The van der Waals surface area contributed by atoms with Gasteiger partial charge in [-0.1, -0.05) is 30.3 Å². The zero-order valence-corrected chi connectivity index (χ0v) is 35.1. The first-order chi connectivity index (χ1) is 29.6. The number of ether oxygens (including phenoxy) is 1. The maximum Gasteiger partial charge on any atom is 0.461 e. The van der Waals surface area contributed by atoms with E-state index in [1.807, 2.05) is 24.0 Å². The van der Waals surface area contributed by atoms with Crippen molar-refractivity contribution >= 4 is 46.6 Å². The van der Waals surface area contributed by atoms with E-state index in [1.54, 1.807) is 51.1 Å². The molecule has 6 rings (SSSR count). The highest BCUT2D eigenvalue weighted by Crippen LogP contribution is 2.43. The number of amides is 5. The van der Waals surface area contributed by atoms with Crippen LogP contribution in [0, 0.1) is 18.8 Å². The number of benzene rings is 3. The second-order valence-electron chi connectivity index (χ2n) is 17.2. The van der Waals surface area contributed by atoms with Crippen LogP contribution in [-0.2, 0) is 26.7 Å². The van der Waals surface area contributed by atoms with Crippen molar-refractivity contribution in [1.29, 1.82) is 0 Å². The zero-order chi connectivity index (χ0) is 45.9. The first-order valence-electron chi connectivity index (χ1n) is 20.6. The summed E-state index contributed by atoms with van der Waals surface area (Å²) < 4.78 is 72.5. The molecule has 4 aromatic rings. The van der Waals surface area contributed by atoms with Crippen molar-refractivity contribution in [2.24, 2.45) is 11.8 Å². The van der Waals surface area contributed by atoms with E-state index in [1.165, 1.54) is 23.1 Å². The Balaban J connectivity index is 1.14. The predicted octanol–water partition coefficient (Wildman–Crippen LogP) is 7.67. The van der Waals surface area contributed by atoms with Gasteiger partial charge in [-0.25, -0.2) is 14.6 Å². The summed E-state index contributed by atoms with van der Waals surface area (Å²) in [5.74, 6) is -8.49. The van der Waals surface area contributed by atoms with Gasteiger partial charge in [0.1, 0.15) is 11.6 Å².